The fraction of sp³-hybridized carbons (Fsp3) is 0.353. The normalized spacial score (nSPS) is 15.1. The Balaban J connectivity index is 1.12. The number of nitrogens with two attached hydrogens (primary N) is 2. The minimum Gasteiger partial charge on any atom is -0.397 e. The quantitative estimate of drug-likeness (QED) is 0.0987. The predicted octanol–water partition coefficient (Wildman–Crippen LogP) is 4.64. The molecular formula is C34H42FN7O3S. The Morgan fingerprint density at radius 2 is 1.89 bits per heavy atom. The average Bonchev–Trinajstić information content (AvgIpc) is 3.40. The number of nitrogens with zero attached hydrogens (tertiary/aromatic N) is 3. The summed E-state index contributed by atoms with van der Waals surface area (Å²) in [5.41, 5.74) is 11.0. The molecule has 46 heavy (non-hydrogen) atoms. The molecule has 2 aromatic heterocycles. The third-order valence-corrected chi connectivity index (χ3v) is 9.98. The molecule has 12 heteroatoms. The summed E-state index contributed by atoms with van der Waals surface area (Å²) >= 11 is 0. The van der Waals surface area contributed by atoms with E-state index >= 15 is 0 Å². The van der Waals surface area contributed by atoms with Crippen LogP contribution in [0.15, 0.2) is 71.9 Å². The molecule has 1 aliphatic heterocycles. The fourth-order valence-electron chi connectivity index (χ4n) is 5.95. The van der Waals surface area contributed by atoms with Gasteiger partial charge in [-0.05, 0) is 80.7 Å². The van der Waals surface area contributed by atoms with Gasteiger partial charge in [0.15, 0.2) is 5.78 Å². The third kappa shape index (κ3) is 7.64. The highest BCUT2D eigenvalue weighted by molar-refractivity contribution is 7.89. The molecule has 0 spiro atoms. The molecule has 244 valence electrons. The molecule has 0 saturated carbocycles. The van der Waals surface area contributed by atoms with Gasteiger partial charge in [-0.2, -0.15) is 0 Å². The van der Waals surface area contributed by atoms with Crippen LogP contribution < -0.4 is 16.3 Å². The third-order valence-electron chi connectivity index (χ3n) is 8.50. The molecule has 0 atom stereocenters. The van der Waals surface area contributed by atoms with Crippen LogP contribution in [0.5, 0.6) is 0 Å². The van der Waals surface area contributed by atoms with E-state index in [9.17, 15) is 17.6 Å². The number of Topliss-reactive ketones (excluding diaryl/α,β-unsaturated/α-hetero) is 1. The van der Waals surface area contributed by atoms with Gasteiger partial charge in [0.25, 0.3) is 0 Å². The lowest BCUT2D eigenvalue weighted by Crippen LogP contribution is -2.42. The largest absolute Gasteiger partial charge is 0.397 e. The Labute approximate surface area is 269 Å². The molecule has 1 fully saturated rings. The summed E-state index contributed by atoms with van der Waals surface area (Å²) in [6.45, 7) is 8.62. The molecule has 0 bridgehead atoms. The fourth-order valence-corrected chi connectivity index (χ4v) is 6.97. The number of rotatable bonds is 12. The van der Waals surface area contributed by atoms with Crippen molar-refractivity contribution < 1.29 is 17.6 Å². The maximum absolute atomic E-state index is 14.1. The SMILES string of the molecule is Cc1ncccc1-c1ccc(S(=O)(=O)NCCN2CCC(CN(N)C=C(N)c3c(C(=O)C(C)C)[nH]c4ccc(F)cc34)CC2)cc1. The summed E-state index contributed by atoms with van der Waals surface area (Å²) in [6.07, 6.45) is 5.12. The summed E-state index contributed by atoms with van der Waals surface area (Å²) < 4.78 is 42.6. The van der Waals surface area contributed by atoms with Gasteiger partial charge in [-0.1, -0.05) is 32.0 Å². The summed E-state index contributed by atoms with van der Waals surface area (Å²) in [7, 11) is -3.63. The van der Waals surface area contributed by atoms with Gasteiger partial charge in [-0.15, -0.1) is 0 Å². The first kappa shape index (κ1) is 33.3. The number of H-pyrrole nitrogens is 1. The lowest BCUT2D eigenvalue weighted by molar-refractivity contribution is 0.0935. The number of hydrogen-bond acceptors (Lipinski definition) is 8. The molecule has 1 aliphatic rings. The number of aryl methyl sites for hydroxylation is 1. The molecule has 3 heterocycles. The van der Waals surface area contributed by atoms with Crippen LogP contribution in [0.3, 0.4) is 0 Å². The number of hydrogen-bond donors (Lipinski definition) is 4. The van der Waals surface area contributed by atoms with E-state index < -0.39 is 15.8 Å². The highest BCUT2D eigenvalue weighted by Crippen LogP contribution is 2.30. The zero-order valence-corrected chi connectivity index (χ0v) is 27.3. The summed E-state index contributed by atoms with van der Waals surface area (Å²) in [5, 5.41) is 2.07. The zero-order chi connectivity index (χ0) is 33.0. The van der Waals surface area contributed by atoms with E-state index in [-0.39, 0.29) is 22.3 Å². The smallest absolute Gasteiger partial charge is 0.240 e. The van der Waals surface area contributed by atoms with Gasteiger partial charge in [-0.25, -0.2) is 23.4 Å². The molecule has 5 rings (SSSR count). The molecule has 6 N–H and O–H groups in total. The Bertz CT molecular complexity index is 1830. The van der Waals surface area contributed by atoms with Crippen molar-refractivity contribution in [3.05, 3.63) is 89.8 Å². The number of aromatic nitrogens is 2. The lowest BCUT2D eigenvalue weighted by atomic mass is 9.96. The highest BCUT2D eigenvalue weighted by atomic mass is 32.2. The van der Waals surface area contributed by atoms with Crippen LogP contribution in [0, 0.1) is 24.6 Å². The topological polar surface area (TPSA) is 150 Å². The van der Waals surface area contributed by atoms with Crippen LogP contribution in [0.25, 0.3) is 27.7 Å². The second-order valence-electron chi connectivity index (χ2n) is 12.2. The van der Waals surface area contributed by atoms with Gasteiger partial charge in [0.05, 0.1) is 16.3 Å². The average molecular weight is 648 g/mol. The Kier molecular flexibility index (Phi) is 10.2. The second-order valence-corrected chi connectivity index (χ2v) is 14.0. The Morgan fingerprint density at radius 3 is 2.57 bits per heavy atom. The Morgan fingerprint density at radius 1 is 1.17 bits per heavy atom. The summed E-state index contributed by atoms with van der Waals surface area (Å²) in [5.74, 6) is 5.86. The first-order chi connectivity index (χ1) is 21.9. The van der Waals surface area contributed by atoms with Gasteiger partial charge >= 0.3 is 0 Å². The molecule has 2 aromatic carbocycles. The van der Waals surface area contributed by atoms with Crippen LogP contribution in [0.4, 0.5) is 4.39 Å². The minimum absolute atomic E-state index is 0.116. The summed E-state index contributed by atoms with van der Waals surface area (Å²) in [6, 6.07) is 15.0. The van der Waals surface area contributed by atoms with E-state index in [1.165, 1.54) is 17.1 Å². The first-order valence-electron chi connectivity index (χ1n) is 15.5. The van der Waals surface area contributed by atoms with E-state index in [0.717, 1.165) is 42.8 Å². The lowest BCUT2D eigenvalue weighted by Gasteiger charge is -2.33. The van der Waals surface area contributed by atoms with E-state index in [4.69, 9.17) is 11.6 Å². The van der Waals surface area contributed by atoms with E-state index in [1.54, 1.807) is 56.6 Å². The standard InChI is InChI=1S/C34H42FN7O3S/c1-22(2)34(43)33-32(29-19-26(35)8-11-31(29)40-33)30(36)21-42(37)20-24-12-16-41(17-13-24)18-15-39-46(44,45)27-9-6-25(7-10-27)28-5-4-14-38-23(28)3/h4-11,14,19,21-22,24,39-40H,12-13,15-18,20,36-37H2,1-3H3. The van der Waals surface area contributed by atoms with Crippen molar-refractivity contribution in [2.24, 2.45) is 23.4 Å². The molecule has 0 aliphatic carbocycles. The molecule has 0 radical (unpaired) electrons. The van der Waals surface area contributed by atoms with Crippen molar-refractivity contribution in [2.75, 3.05) is 32.7 Å². The van der Waals surface area contributed by atoms with Crippen LogP contribution in [0.1, 0.15) is 48.4 Å². The molecule has 1 saturated heterocycles. The monoisotopic (exact) mass is 647 g/mol. The number of hydrazine groups is 1. The number of likely N-dealkylation sites (tertiary alicyclic amines) is 1. The molecule has 0 unspecified atom stereocenters. The number of benzene rings is 2. The number of aromatic amines is 1. The van der Waals surface area contributed by atoms with Crippen molar-refractivity contribution in [3.63, 3.8) is 0 Å². The number of nitrogens with one attached hydrogen (secondary N) is 2. The van der Waals surface area contributed by atoms with Crippen molar-refractivity contribution in [3.8, 4) is 11.1 Å². The van der Waals surface area contributed by atoms with Crippen LogP contribution >= 0.6 is 0 Å². The maximum Gasteiger partial charge on any atom is 0.240 e. The van der Waals surface area contributed by atoms with Gasteiger partial charge in [0.1, 0.15) is 5.82 Å². The number of carbonyl (C=O) groups is 1. The molecule has 0 amide bonds. The number of pyridine rings is 1. The number of fused-ring (bicyclic) bond motifs is 1. The highest BCUT2D eigenvalue weighted by Gasteiger charge is 2.24. The number of ketones is 1. The molecular weight excluding hydrogens is 605 g/mol. The molecule has 4 aromatic rings. The zero-order valence-electron chi connectivity index (χ0n) is 26.5. The first-order valence-corrected chi connectivity index (χ1v) is 17.0. The second kappa shape index (κ2) is 14.1. The van der Waals surface area contributed by atoms with Crippen molar-refractivity contribution in [1.29, 1.82) is 0 Å². The minimum atomic E-state index is -3.63. The van der Waals surface area contributed by atoms with E-state index in [1.807, 2.05) is 19.1 Å². The number of piperidine rings is 1. The van der Waals surface area contributed by atoms with Gasteiger partial charge < -0.3 is 20.6 Å². The molecule has 10 nitrogen and oxygen atoms in total. The predicted molar refractivity (Wildman–Crippen MR) is 179 cm³/mol. The Hall–Kier alpha value is -4.10. The van der Waals surface area contributed by atoms with Crippen LogP contribution in [0.2, 0.25) is 0 Å². The summed E-state index contributed by atoms with van der Waals surface area (Å²) in [4.78, 5) is 22.8. The van der Waals surface area contributed by atoms with Crippen molar-refractivity contribution in [2.45, 2.75) is 38.5 Å². The number of sulfonamides is 1. The van der Waals surface area contributed by atoms with Crippen LogP contribution in [-0.4, -0.2) is 66.8 Å². The number of halogens is 1. The van der Waals surface area contributed by atoms with E-state index in [2.05, 4.69) is 19.6 Å². The maximum atomic E-state index is 14.1. The van der Waals surface area contributed by atoms with Gasteiger partial charge in [0.2, 0.25) is 10.0 Å². The van der Waals surface area contributed by atoms with Gasteiger partial charge in [0, 0.05) is 65.7 Å². The van der Waals surface area contributed by atoms with E-state index in [0.29, 0.717) is 47.7 Å². The van der Waals surface area contributed by atoms with Gasteiger partial charge in [-0.3, -0.25) is 9.78 Å². The van der Waals surface area contributed by atoms with Crippen molar-refractivity contribution in [1.82, 2.24) is 24.6 Å². The van der Waals surface area contributed by atoms with Crippen LogP contribution in [-0.2, 0) is 10.0 Å². The van der Waals surface area contributed by atoms with Crippen molar-refractivity contribution >= 4 is 32.4 Å². The number of carbonyl (C=O) groups excluding carboxylic acids is 1.